The Hall–Kier alpha value is -1.96. The first-order valence-corrected chi connectivity index (χ1v) is 11.7. The van der Waals surface area contributed by atoms with Gasteiger partial charge in [-0.3, -0.25) is 14.6 Å². The van der Waals surface area contributed by atoms with Crippen LogP contribution in [-0.2, 0) is 4.74 Å². The molecule has 1 aliphatic carbocycles. The predicted molar refractivity (Wildman–Crippen MR) is 119 cm³/mol. The van der Waals surface area contributed by atoms with Crippen molar-refractivity contribution in [1.82, 2.24) is 20.1 Å². The van der Waals surface area contributed by atoms with Crippen LogP contribution in [0.2, 0.25) is 0 Å². The van der Waals surface area contributed by atoms with E-state index in [1.54, 1.807) is 12.1 Å². The number of aromatic amines is 1. The molecule has 0 radical (unpaired) electrons. The number of ether oxygens (including phenoxy) is 1. The number of nitrogens with zero attached hydrogens (tertiary/aromatic N) is 2. The minimum absolute atomic E-state index is 0.133. The fraction of sp³-hybridized carbons (Fsp3) is 0.625. The average molecular weight is 429 g/mol. The van der Waals surface area contributed by atoms with Crippen LogP contribution >= 0.6 is 0 Å². The minimum Gasteiger partial charge on any atom is -0.380 e. The van der Waals surface area contributed by atoms with Gasteiger partial charge < -0.3 is 15.0 Å². The van der Waals surface area contributed by atoms with Gasteiger partial charge in [-0.25, -0.2) is 4.39 Å². The van der Waals surface area contributed by atoms with Crippen molar-refractivity contribution in [2.24, 2.45) is 0 Å². The molecule has 3 aliphatic rings. The molecule has 3 atom stereocenters. The molecule has 6 nitrogen and oxygen atoms in total. The summed E-state index contributed by atoms with van der Waals surface area (Å²) >= 11 is 0. The van der Waals surface area contributed by atoms with Gasteiger partial charge >= 0.3 is 0 Å². The predicted octanol–water partition coefficient (Wildman–Crippen LogP) is 3.06. The topological polar surface area (TPSA) is 60.6 Å². The van der Waals surface area contributed by atoms with Gasteiger partial charge in [-0.15, -0.1) is 0 Å². The number of aromatic nitrogens is 1. The average Bonchev–Trinajstić information content (AvgIpc) is 3.48. The monoisotopic (exact) mass is 428 g/mol. The van der Waals surface area contributed by atoms with Gasteiger partial charge in [-0.05, 0) is 56.7 Å². The zero-order valence-electron chi connectivity index (χ0n) is 18.3. The highest BCUT2D eigenvalue weighted by Gasteiger charge is 2.32. The van der Waals surface area contributed by atoms with E-state index >= 15 is 0 Å². The number of hydrogen-bond donors (Lipinski definition) is 2. The number of fused-ring (bicyclic) bond motifs is 1. The van der Waals surface area contributed by atoms with E-state index in [-0.39, 0.29) is 17.8 Å². The number of carbonyl (C=O) groups excluding carboxylic acids is 1. The summed E-state index contributed by atoms with van der Waals surface area (Å²) in [5, 5.41) is 3.69. The van der Waals surface area contributed by atoms with E-state index in [0.717, 1.165) is 70.6 Å². The first-order valence-electron chi connectivity index (χ1n) is 11.7. The van der Waals surface area contributed by atoms with Crippen molar-refractivity contribution in [3.63, 3.8) is 0 Å². The molecule has 7 heteroatoms. The second kappa shape index (κ2) is 8.88. The first kappa shape index (κ1) is 20.9. The normalized spacial score (nSPS) is 28.3. The lowest BCUT2D eigenvalue weighted by Gasteiger charge is -2.43. The smallest absolute Gasteiger partial charge is 0.267 e. The summed E-state index contributed by atoms with van der Waals surface area (Å²) in [7, 11) is 0. The summed E-state index contributed by atoms with van der Waals surface area (Å²) < 4.78 is 19.7. The highest BCUT2D eigenvalue weighted by atomic mass is 19.1. The van der Waals surface area contributed by atoms with Gasteiger partial charge in [0.25, 0.3) is 5.91 Å². The Kier molecular flexibility index (Phi) is 5.99. The van der Waals surface area contributed by atoms with Crippen molar-refractivity contribution in [1.29, 1.82) is 0 Å². The Labute approximate surface area is 183 Å². The molecule has 0 spiro atoms. The Balaban J connectivity index is 1.18. The van der Waals surface area contributed by atoms with E-state index < -0.39 is 0 Å². The standard InChI is InChI=1S/C24H33FN4O2/c1-16-5-6-21(25)20-14-22(27-23(16)20)24(30)26-17-3-2-4-18(13-17)28-8-10-29(11-9-28)19-7-12-31-15-19/h5-6,14,17-19,27H,2-4,7-13,15H2,1H3,(H,26,30)/t17-,18-,19?/m1/s1. The number of benzene rings is 1. The third kappa shape index (κ3) is 4.36. The number of carbonyl (C=O) groups is 1. The van der Waals surface area contributed by atoms with Crippen molar-refractivity contribution in [3.05, 3.63) is 35.3 Å². The van der Waals surface area contributed by atoms with Crippen molar-refractivity contribution < 1.29 is 13.9 Å². The molecule has 1 amide bonds. The molecule has 3 fully saturated rings. The lowest BCUT2D eigenvalue weighted by molar-refractivity contribution is 0.0466. The molecule has 2 saturated heterocycles. The zero-order chi connectivity index (χ0) is 21.4. The molecular formula is C24H33FN4O2. The summed E-state index contributed by atoms with van der Waals surface area (Å²) in [6.07, 6.45) is 5.50. The molecule has 3 heterocycles. The Morgan fingerprint density at radius 2 is 1.90 bits per heavy atom. The SMILES string of the molecule is Cc1ccc(F)c2cc(C(=O)N[C@@H]3CCC[C@@H](N4CCN(C5CCOC5)CC4)C3)[nH]c12. The van der Waals surface area contributed by atoms with Crippen molar-refractivity contribution in [2.45, 2.75) is 57.2 Å². The van der Waals surface area contributed by atoms with Crippen molar-refractivity contribution in [3.8, 4) is 0 Å². The Morgan fingerprint density at radius 1 is 1.13 bits per heavy atom. The maximum absolute atomic E-state index is 14.1. The number of halogens is 1. The van der Waals surface area contributed by atoms with E-state index in [0.29, 0.717) is 28.7 Å². The van der Waals surface area contributed by atoms with E-state index in [2.05, 4.69) is 20.1 Å². The molecule has 1 aromatic heterocycles. The van der Waals surface area contributed by atoms with Gasteiger partial charge in [0.2, 0.25) is 0 Å². The van der Waals surface area contributed by atoms with Gasteiger partial charge in [0.15, 0.2) is 0 Å². The first-order chi connectivity index (χ1) is 15.1. The second-order valence-electron chi connectivity index (χ2n) is 9.42. The van der Waals surface area contributed by atoms with Gasteiger partial charge in [0.05, 0.1) is 12.1 Å². The molecule has 0 bridgehead atoms. The molecule has 2 aliphatic heterocycles. The van der Waals surface area contributed by atoms with Crippen LogP contribution in [0.3, 0.4) is 0 Å². The number of nitrogens with one attached hydrogen (secondary N) is 2. The van der Waals surface area contributed by atoms with E-state index in [9.17, 15) is 9.18 Å². The van der Waals surface area contributed by atoms with Crippen LogP contribution in [0.4, 0.5) is 4.39 Å². The molecule has 1 aromatic carbocycles. The van der Waals surface area contributed by atoms with Crippen LogP contribution in [0.25, 0.3) is 10.9 Å². The lowest BCUT2D eigenvalue weighted by Crippen LogP contribution is -2.55. The molecule has 168 valence electrons. The number of rotatable bonds is 4. The van der Waals surface area contributed by atoms with Crippen LogP contribution < -0.4 is 5.32 Å². The highest BCUT2D eigenvalue weighted by Crippen LogP contribution is 2.26. The third-order valence-corrected chi connectivity index (χ3v) is 7.46. The van der Waals surface area contributed by atoms with E-state index in [1.807, 2.05) is 6.92 Å². The van der Waals surface area contributed by atoms with Gasteiger partial charge in [-0.2, -0.15) is 0 Å². The summed E-state index contributed by atoms with van der Waals surface area (Å²) in [4.78, 5) is 21.2. The molecule has 1 unspecified atom stereocenters. The van der Waals surface area contributed by atoms with E-state index in [4.69, 9.17) is 4.74 Å². The van der Waals surface area contributed by atoms with Crippen LogP contribution in [0.15, 0.2) is 18.2 Å². The zero-order valence-corrected chi connectivity index (χ0v) is 18.3. The minimum atomic E-state index is -0.295. The quantitative estimate of drug-likeness (QED) is 0.786. The molecule has 5 rings (SSSR count). The van der Waals surface area contributed by atoms with Gasteiger partial charge in [0.1, 0.15) is 11.5 Å². The number of piperazine rings is 1. The van der Waals surface area contributed by atoms with Gasteiger partial charge in [-0.1, -0.05) is 6.07 Å². The van der Waals surface area contributed by atoms with Crippen LogP contribution in [0, 0.1) is 12.7 Å². The summed E-state index contributed by atoms with van der Waals surface area (Å²) in [5.41, 5.74) is 2.09. The Morgan fingerprint density at radius 3 is 2.61 bits per heavy atom. The largest absolute Gasteiger partial charge is 0.380 e. The fourth-order valence-electron chi connectivity index (χ4n) is 5.62. The van der Waals surface area contributed by atoms with Crippen LogP contribution in [0.1, 0.15) is 48.2 Å². The fourth-order valence-corrected chi connectivity index (χ4v) is 5.62. The summed E-state index contributed by atoms with van der Waals surface area (Å²) in [6, 6.07) is 6.14. The number of H-pyrrole nitrogens is 1. The second-order valence-corrected chi connectivity index (χ2v) is 9.42. The molecule has 1 saturated carbocycles. The number of hydrogen-bond acceptors (Lipinski definition) is 4. The highest BCUT2D eigenvalue weighted by molar-refractivity contribution is 5.99. The van der Waals surface area contributed by atoms with E-state index in [1.165, 1.54) is 12.5 Å². The summed E-state index contributed by atoms with van der Waals surface area (Å²) in [6.45, 7) is 8.13. The third-order valence-electron chi connectivity index (χ3n) is 7.46. The maximum Gasteiger partial charge on any atom is 0.267 e. The van der Waals surface area contributed by atoms with Crippen LogP contribution in [-0.4, -0.2) is 78.2 Å². The van der Waals surface area contributed by atoms with Crippen LogP contribution in [0.5, 0.6) is 0 Å². The molecule has 31 heavy (non-hydrogen) atoms. The van der Waals surface area contributed by atoms with Crippen molar-refractivity contribution in [2.75, 3.05) is 39.4 Å². The van der Waals surface area contributed by atoms with Gasteiger partial charge in [0, 0.05) is 56.3 Å². The molecular weight excluding hydrogens is 395 g/mol. The lowest BCUT2D eigenvalue weighted by atomic mass is 9.89. The Bertz CT molecular complexity index is 892. The maximum atomic E-state index is 14.1. The summed E-state index contributed by atoms with van der Waals surface area (Å²) in [5.74, 6) is -0.427. The number of aryl methyl sites for hydroxylation is 1. The van der Waals surface area contributed by atoms with Crippen molar-refractivity contribution >= 4 is 16.8 Å². The molecule has 2 aromatic rings. The molecule has 2 N–H and O–H groups in total. The number of amides is 1.